The van der Waals surface area contributed by atoms with Crippen molar-refractivity contribution in [1.29, 1.82) is 5.26 Å². The Balaban J connectivity index is 1.89. The molecular weight excluding hydrogens is 428 g/mol. The second-order valence-electron chi connectivity index (χ2n) is 6.73. The van der Waals surface area contributed by atoms with Crippen molar-refractivity contribution in [2.45, 2.75) is 13.8 Å². The van der Waals surface area contributed by atoms with Gasteiger partial charge in [0, 0.05) is 11.1 Å². The van der Waals surface area contributed by atoms with Crippen molar-refractivity contribution in [3.8, 4) is 28.5 Å². The fraction of sp³-hybridized carbons (Fsp3) is 0.0833. The van der Waals surface area contributed by atoms with E-state index in [1.54, 1.807) is 18.3 Å². The molecule has 0 N–H and O–H groups in total. The first-order chi connectivity index (χ1) is 14.0. The largest absolute Gasteiger partial charge is 0.448 e. The molecule has 0 spiro atoms. The van der Waals surface area contributed by atoms with E-state index >= 15 is 0 Å². The molecule has 0 aliphatic carbocycles. The molecule has 0 unspecified atom stereocenters. The lowest BCUT2D eigenvalue weighted by molar-refractivity contribution is 0.534. The van der Waals surface area contributed by atoms with Crippen molar-refractivity contribution in [2.24, 2.45) is 4.99 Å². The summed E-state index contributed by atoms with van der Waals surface area (Å²) in [4.78, 5) is 4.40. The zero-order valence-electron chi connectivity index (χ0n) is 15.9. The standard InChI is InChI=1S/C24H17BrN2O2/c1-15-3-7-17(8-4-15)22-20(13-26)24(27-14-19-11-12-21(25)28-19)29-23(22)18-9-5-16(2)6-10-18/h3-12,14H,1-2H3. The van der Waals surface area contributed by atoms with Gasteiger partial charge in [-0.3, -0.25) is 0 Å². The predicted octanol–water partition coefficient (Wildman–Crippen LogP) is 7.21. The summed E-state index contributed by atoms with van der Waals surface area (Å²) in [6.45, 7) is 4.06. The summed E-state index contributed by atoms with van der Waals surface area (Å²) in [7, 11) is 0. The molecule has 0 aliphatic heterocycles. The van der Waals surface area contributed by atoms with Gasteiger partial charge in [-0.2, -0.15) is 5.26 Å². The van der Waals surface area contributed by atoms with Gasteiger partial charge in [-0.15, -0.1) is 0 Å². The average Bonchev–Trinajstić information content (AvgIpc) is 3.30. The average molecular weight is 445 g/mol. The number of benzene rings is 2. The Morgan fingerprint density at radius 2 is 1.48 bits per heavy atom. The summed E-state index contributed by atoms with van der Waals surface area (Å²) in [6.07, 6.45) is 1.54. The highest BCUT2D eigenvalue weighted by Gasteiger charge is 2.22. The van der Waals surface area contributed by atoms with E-state index in [4.69, 9.17) is 8.83 Å². The lowest BCUT2D eigenvalue weighted by atomic mass is 9.97. The molecule has 0 aliphatic rings. The van der Waals surface area contributed by atoms with Crippen LogP contribution in [0.4, 0.5) is 5.88 Å². The fourth-order valence-corrected chi connectivity index (χ4v) is 3.36. The molecule has 142 valence electrons. The number of rotatable bonds is 4. The molecule has 0 bridgehead atoms. The van der Waals surface area contributed by atoms with Gasteiger partial charge in [0.1, 0.15) is 23.2 Å². The SMILES string of the molecule is Cc1ccc(-c2oc(N=Cc3ccc(Br)o3)c(C#N)c2-c2ccc(C)cc2)cc1. The van der Waals surface area contributed by atoms with Gasteiger partial charge < -0.3 is 8.83 Å². The fourth-order valence-electron chi connectivity index (χ4n) is 3.04. The second kappa shape index (κ2) is 7.94. The normalized spacial score (nSPS) is 11.1. The van der Waals surface area contributed by atoms with Gasteiger partial charge in [-0.25, -0.2) is 4.99 Å². The maximum atomic E-state index is 9.91. The minimum Gasteiger partial charge on any atom is -0.448 e. The highest BCUT2D eigenvalue weighted by atomic mass is 79.9. The number of hydrogen-bond donors (Lipinski definition) is 0. The molecule has 0 saturated heterocycles. The van der Waals surface area contributed by atoms with E-state index in [9.17, 15) is 5.26 Å². The van der Waals surface area contributed by atoms with Crippen molar-refractivity contribution in [3.63, 3.8) is 0 Å². The molecule has 0 atom stereocenters. The molecule has 0 radical (unpaired) electrons. The van der Waals surface area contributed by atoms with Gasteiger partial charge in [-0.1, -0.05) is 59.7 Å². The lowest BCUT2D eigenvalue weighted by Crippen LogP contribution is -1.85. The van der Waals surface area contributed by atoms with Crippen LogP contribution in [0.2, 0.25) is 0 Å². The van der Waals surface area contributed by atoms with Gasteiger partial charge >= 0.3 is 0 Å². The molecule has 29 heavy (non-hydrogen) atoms. The number of aliphatic imine (C=N–C) groups is 1. The van der Waals surface area contributed by atoms with E-state index < -0.39 is 0 Å². The second-order valence-corrected chi connectivity index (χ2v) is 7.51. The minimum absolute atomic E-state index is 0.256. The van der Waals surface area contributed by atoms with Crippen LogP contribution in [0.25, 0.3) is 22.5 Å². The van der Waals surface area contributed by atoms with Crippen LogP contribution in [-0.2, 0) is 0 Å². The van der Waals surface area contributed by atoms with Crippen LogP contribution in [0.1, 0.15) is 22.5 Å². The molecule has 5 heteroatoms. The molecular formula is C24H17BrN2O2. The van der Waals surface area contributed by atoms with E-state index in [-0.39, 0.29) is 5.88 Å². The third kappa shape index (κ3) is 3.94. The molecule has 4 nitrogen and oxygen atoms in total. The molecule has 4 aromatic rings. The quantitative estimate of drug-likeness (QED) is 0.312. The highest BCUT2D eigenvalue weighted by Crippen LogP contribution is 2.42. The molecule has 0 fully saturated rings. The van der Waals surface area contributed by atoms with Gasteiger partial charge in [0.2, 0.25) is 5.88 Å². The van der Waals surface area contributed by atoms with Crippen LogP contribution >= 0.6 is 15.9 Å². The van der Waals surface area contributed by atoms with Crippen molar-refractivity contribution in [2.75, 3.05) is 0 Å². The molecule has 0 saturated carbocycles. The third-order valence-corrected chi connectivity index (χ3v) is 4.98. The van der Waals surface area contributed by atoms with Crippen LogP contribution in [0, 0.1) is 25.2 Å². The molecule has 4 rings (SSSR count). The van der Waals surface area contributed by atoms with Crippen LogP contribution in [-0.4, -0.2) is 6.21 Å². The Morgan fingerprint density at radius 3 is 2.03 bits per heavy atom. The van der Waals surface area contributed by atoms with Gasteiger partial charge in [0.05, 0.1) is 6.21 Å². The first-order valence-electron chi connectivity index (χ1n) is 9.05. The number of nitrogens with zero attached hydrogens (tertiary/aromatic N) is 2. The smallest absolute Gasteiger partial charge is 0.238 e. The molecule has 2 aromatic carbocycles. The topological polar surface area (TPSA) is 62.4 Å². The summed E-state index contributed by atoms with van der Waals surface area (Å²) in [5, 5.41) is 9.91. The maximum Gasteiger partial charge on any atom is 0.238 e. The van der Waals surface area contributed by atoms with E-state index in [0.29, 0.717) is 21.8 Å². The zero-order valence-corrected chi connectivity index (χ0v) is 17.5. The van der Waals surface area contributed by atoms with Gasteiger partial charge in [-0.05, 0) is 47.5 Å². The third-order valence-electron chi connectivity index (χ3n) is 4.56. The van der Waals surface area contributed by atoms with Crippen molar-refractivity contribution in [1.82, 2.24) is 0 Å². The van der Waals surface area contributed by atoms with E-state index in [0.717, 1.165) is 27.8 Å². The number of aryl methyl sites for hydroxylation is 2. The van der Waals surface area contributed by atoms with E-state index in [1.165, 1.54) is 0 Å². The van der Waals surface area contributed by atoms with Crippen LogP contribution in [0.5, 0.6) is 0 Å². The van der Waals surface area contributed by atoms with Gasteiger partial charge in [0.15, 0.2) is 4.67 Å². The van der Waals surface area contributed by atoms with Gasteiger partial charge in [0.25, 0.3) is 0 Å². The van der Waals surface area contributed by atoms with Crippen LogP contribution in [0.3, 0.4) is 0 Å². The summed E-state index contributed by atoms with van der Waals surface area (Å²) >= 11 is 3.27. The Hall–Kier alpha value is -3.36. The summed E-state index contributed by atoms with van der Waals surface area (Å²) in [6, 6.07) is 21.9. The van der Waals surface area contributed by atoms with Crippen LogP contribution < -0.4 is 0 Å². The molecule has 2 aromatic heterocycles. The van der Waals surface area contributed by atoms with Crippen LogP contribution in [0.15, 0.2) is 79.2 Å². The predicted molar refractivity (Wildman–Crippen MR) is 117 cm³/mol. The number of furan rings is 2. The zero-order chi connectivity index (χ0) is 20.4. The highest BCUT2D eigenvalue weighted by molar-refractivity contribution is 9.10. The first-order valence-corrected chi connectivity index (χ1v) is 9.85. The number of halogens is 1. The Labute approximate surface area is 177 Å². The first kappa shape index (κ1) is 19.0. The summed E-state index contributed by atoms with van der Waals surface area (Å²) in [5.41, 5.74) is 5.24. The number of nitriles is 1. The number of hydrogen-bond acceptors (Lipinski definition) is 4. The maximum absolute atomic E-state index is 9.91. The Kier molecular flexibility index (Phi) is 5.20. The van der Waals surface area contributed by atoms with Crippen molar-refractivity contribution < 1.29 is 8.83 Å². The van der Waals surface area contributed by atoms with Crippen molar-refractivity contribution >= 4 is 28.0 Å². The van der Waals surface area contributed by atoms with Crippen molar-refractivity contribution in [3.05, 3.63) is 87.8 Å². The molecule has 0 amide bonds. The summed E-state index contributed by atoms with van der Waals surface area (Å²) in [5.74, 6) is 1.44. The van der Waals surface area contributed by atoms with E-state index in [1.807, 2.05) is 62.4 Å². The summed E-state index contributed by atoms with van der Waals surface area (Å²) < 4.78 is 12.2. The molecule has 2 heterocycles. The monoisotopic (exact) mass is 444 g/mol. The Morgan fingerprint density at radius 1 is 0.862 bits per heavy atom. The van der Waals surface area contributed by atoms with E-state index in [2.05, 4.69) is 27.0 Å². The lowest BCUT2D eigenvalue weighted by Gasteiger charge is -2.05. The minimum atomic E-state index is 0.256. The Bertz CT molecular complexity index is 1220.